The summed E-state index contributed by atoms with van der Waals surface area (Å²) in [7, 11) is 0. The maximum absolute atomic E-state index is 12.2. The van der Waals surface area contributed by atoms with Gasteiger partial charge in [-0.2, -0.15) is 0 Å². The molecule has 0 aliphatic rings. The zero-order valence-electron chi connectivity index (χ0n) is 11.0. The number of carboxylic acid groups (broad SMARTS) is 1. The fraction of sp³-hybridized carbons (Fsp3) is 0.0667. The van der Waals surface area contributed by atoms with Crippen molar-refractivity contribution >= 4 is 45.1 Å². The van der Waals surface area contributed by atoms with Crippen molar-refractivity contribution in [2.45, 2.75) is 6.92 Å². The molecule has 0 aliphatic carbocycles. The number of anilines is 1. The average molecular weight is 369 g/mol. The van der Waals surface area contributed by atoms with Gasteiger partial charge in [-0.1, -0.05) is 27.5 Å². The number of hydrogen-bond acceptors (Lipinski definition) is 2. The van der Waals surface area contributed by atoms with Gasteiger partial charge in [-0.05, 0) is 48.9 Å². The molecule has 0 aromatic heterocycles. The summed E-state index contributed by atoms with van der Waals surface area (Å²) in [6.07, 6.45) is 0. The van der Waals surface area contributed by atoms with Crippen molar-refractivity contribution < 1.29 is 14.7 Å². The van der Waals surface area contributed by atoms with Crippen LogP contribution in [0, 0.1) is 6.92 Å². The van der Waals surface area contributed by atoms with Crippen LogP contribution in [0.25, 0.3) is 0 Å². The number of rotatable bonds is 3. The third kappa shape index (κ3) is 3.83. The molecule has 0 unspecified atom stereocenters. The van der Waals surface area contributed by atoms with Gasteiger partial charge in [0.15, 0.2) is 0 Å². The van der Waals surface area contributed by atoms with Gasteiger partial charge in [0.2, 0.25) is 0 Å². The van der Waals surface area contributed by atoms with Crippen molar-refractivity contribution in [1.29, 1.82) is 0 Å². The Hall–Kier alpha value is -1.85. The minimum Gasteiger partial charge on any atom is -0.478 e. The molecule has 6 heteroatoms. The largest absolute Gasteiger partial charge is 0.478 e. The topological polar surface area (TPSA) is 66.4 Å². The number of carboxylic acids is 1. The molecular formula is C15H11BrClNO3. The minimum atomic E-state index is -1.12. The van der Waals surface area contributed by atoms with E-state index in [4.69, 9.17) is 16.7 Å². The molecule has 0 saturated heterocycles. The molecule has 0 bridgehead atoms. The molecule has 2 aromatic rings. The van der Waals surface area contributed by atoms with E-state index >= 15 is 0 Å². The van der Waals surface area contributed by atoms with Gasteiger partial charge in [-0.25, -0.2) is 4.79 Å². The average Bonchev–Trinajstić information content (AvgIpc) is 2.39. The molecule has 2 rings (SSSR count). The Kier molecular flexibility index (Phi) is 4.65. The second-order valence-electron chi connectivity index (χ2n) is 4.47. The van der Waals surface area contributed by atoms with Crippen LogP contribution in [-0.2, 0) is 0 Å². The van der Waals surface area contributed by atoms with E-state index in [1.54, 1.807) is 18.2 Å². The van der Waals surface area contributed by atoms with E-state index in [0.717, 1.165) is 5.56 Å². The predicted octanol–water partition coefficient (Wildman–Crippen LogP) is 4.36. The molecule has 2 aromatic carbocycles. The Morgan fingerprint density at radius 1 is 1.19 bits per heavy atom. The number of aromatic carboxylic acids is 1. The highest BCUT2D eigenvalue weighted by Gasteiger charge is 2.14. The molecule has 0 spiro atoms. The van der Waals surface area contributed by atoms with Gasteiger partial charge in [-0.3, -0.25) is 4.79 Å². The van der Waals surface area contributed by atoms with Crippen LogP contribution in [0.1, 0.15) is 26.3 Å². The fourth-order valence-electron chi connectivity index (χ4n) is 1.86. The second kappa shape index (κ2) is 6.28. The van der Waals surface area contributed by atoms with E-state index in [9.17, 15) is 9.59 Å². The van der Waals surface area contributed by atoms with Crippen molar-refractivity contribution in [3.05, 3.63) is 62.6 Å². The number of aryl methyl sites for hydroxylation is 1. The maximum atomic E-state index is 12.2. The summed E-state index contributed by atoms with van der Waals surface area (Å²) in [5.41, 5.74) is 1.46. The second-order valence-corrected chi connectivity index (χ2v) is 5.82. The molecule has 0 radical (unpaired) electrons. The standard InChI is InChI=1S/C15H11BrClNO3/c1-8-4-9(6-11(17)5-8)14(19)18-13-3-2-10(16)7-12(13)15(20)21/h2-7H,1H3,(H,18,19)(H,20,21). The molecule has 0 saturated carbocycles. The van der Waals surface area contributed by atoms with Crippen LogP contribution in [0.2, 0.25) is 5.02 Å². The summed E-state index contributed by atoms with van der Waals surface area (Å²) in [4.78, 5) is 23.4. The highest BCUT2D eigenvalue weighted by molar-refractivity contribution is 9.10. The summed E-state index contributed by atoms with van der Waals surface area (Å²) in [6.45, 7) is 1.82. The maximum Gasteiger partial charge on any atom is 0.337 e. The van der Waals surface area contributed by atoms with Gasteiger partial charge in [0.1, 0.15) is 0 Å². The highest BCUT2D eigenvalue weighted by Crippen LogP contribution is 2.22. The first kappa shape index (κ1) is 15.5. The third-order valence-corrected chi connectivity index (χ3v) is 3.48. The number of halogens is 2. The number of amides is 1. The van der Waals surface area contributed by atoms with E-state index < -0.39 is 11.9 Å². The number of hydrogen-bond donors (Lipinski definition) is 2. The Labute approximate surface area is 134 Å². The number of benzene rings is 2. The Morgan fingerprint density at radius 3 is 2.52 bits per heavy atom. The van der Waals surface area contributed by atoms with E-state index in [2.05, 4.69) is 21.2 Å². The third-order valence-electron chi connectivity index (χ3n) is 2.76. The molecule has 21 heavy (non-hydrogen) atoms. The first-order chi connectivity index (χ1) is 9.86. The van der Waals surface area contributed by atoms with Crippen molar-refractivity contribution in [2.24, 2.45) is 0 Å². The van der Waals surface area contributed by atoms with Gasteiger partial charge < -0.3 is 10.4 Å². The summed E-state index contributed by atoms with van der Waals surface area (Å²) >= 11 is 9.12. The summed E-state index contributed by atoms with van der Waals surface area (Å²) in [5.74, 6) is -1.53. The normalized spacial score (nSPS) is 10.2. The van der Waals surface area contributed by atoms with Crippen LogP contribution in [0.5, 0.6) is 0 Å². The lowest BCUT2D eigenvalue weighted by Crippen LogP contribution is -2.15. The smallest absolute Gasteiger partial charge is 0.337 e. The molecule has 1 amide bonds. The lowest BCUT2D eigenvalue weighted by molar-refractivity contribution is 0.0698. The van der Waals surface area contributed by atoms with Gasteiger partial charge in [0, 0.05) is 15.1 Å². The molecule has 0 heterocycles. The Balaban J connectivity index is 2.33. The van der Waals surface area contributed by atoms with Gasteiger partial charge in [-0.15, -0.1) is 0 Å². The summed E-state index contributed by atoms with van der Waals surface area (Å²) < 4.78 is 0.622. The van der Waals surface area contributed by atoms with E-state index in [1.807, 2.05) is 6.92 Å². The van der Waals surface area contributed by atoms with Gasteiger partial charge >= 0.3 is 5.97 Å². The predicted molar refractivity (Wildman–Crippen MR) is 85.2 cm³/mol. The quantitative estimate of drug-likeness (QED) is 0.846. The van der Waals surface area contributed by atoms with Crippen molar-refractivity contribution in [3.63, 3.8) is 0 Å². The van der Waals surface area contributed by atoms with Crippen LogP contribution in [0.4, 0.5) is 5.69 Å². The SMILES string of the molecule is Cc1cc(Cl)cc(C(=O)Nc2ccc(Br)cc2C(=O)O)c1. The molecule has 4 nitrogen and oxygen atoms in total. The van der Waals surface area contributed by atoms with Crippen molar-refractivity contribution in [1.82, 2.24) is 0 Å². The van der Waals surface area contributed by atoms with Crippen LogP contribution in [0.3, 0.4) is 0 Å². The van der Waals surface area contributed by atoms with Gasteiger partial charge in [0.05, 0.1) is 11.3 Å². The fourth-order valence-corrected chi connectivity index (χ4v) is 2.52. The molecule has 0 fully saturated rings. The van der Waals surface area contributed by atoms with Gasteiger partial charge in [0.25, 0.3) is 5.91 Å². The number of carbonyl (C=O) groups excluding carboxylic acids is 1. The highest BCUT2D eigenvalue weighted by atomic mass is 79.9. The van der Waals surface area contributed by atoms with Crippen molar-refractivity contribution in [3.8, 4) is 0 Å². The zero-order valence-corrected chi connectivity index (χ0v) is 13.3. The Bertz CT molecular complexity index is 711. The molecular weight excluding hydrogens is 358 g/mol. The van der Waals surface area contributed by atoms with Crippen LogP contribution in [-0.4, -0.2) is 17.0 Å². The van der Waals surface area contributed by atoms with Crippen LogP contribution < -0.4 is 5.32 Å². The summed E-state index contributed by atoms with van der Waals surface area (Å²) in [5, 5.41) is 12.2. The first-order valence-corrected chi connectivity index (χ1v) is 7.15. The molecule has 108 valence electrons. The number of nitrogens with one attached hydrogen (secondary N) is 1. The lowest BCUT2D eigenvalue weighted by Gasteiger charge is -2.10. The Morgan fingerprint density at radius 2 is 1.90 bits per heavy atom. The zero-order chi connectivity index (χ0) is 15.6. The molecule has 0 aliphatic heterocycles. The van der Waals surface area contributed by atoms with E-state index in [1.165, 1.54) is 18.2 Å². The van der Waals surface area contributed by atoms with E-state index in [0.29, 0.717) is 15.1 Å². The minimum absolute atomic E-state index is 0.0106. The molecule has 2 N–H and O–H groups in total. The number of carbonyl (C=O) groups is 2. The monoisotopic (exact) mass is 367 g/mol. The summed E-state index contributed by atoms with van der Waals surface area (Å²) in [6, 6.07) is 9.57. The van der Waals surface area contributed by atoms with E-state index in [-0.39, 0.29) is 11.3 Å². The van der Waals surface area contributed by atoms with Crippen LogP contribution in [0.15, 0.2) is 40.9 Å². The van der Waals surface area contributed by atoms with Crippen molar-refractivity contribution in [2.75, 3.05) is 5.32 Å². The lowest BCUT2D eigenvalue weighted by atomic mass is 10.1. The molecule has 0 atom stereocenters. The first-order valence-electron chi connectivity index (χ1n) is 5.98. The van der Waals surface area contributed by atoms with Crippen LogP contribution >= 0.6 is 27.5 Å².